The molecule has 4 nitrogen and oxygen atoms in total. The van der Waals surface area contributed by atoms with Crippen LogP contribution in [0.25, 0.3) is 0 Å². The van der Waals surface area contributed by atoms with Crippen LogP contribution in [0.4, 0.5) is 0 Å². The van der Waals surface area contributed by atoms with Gasteiger partial charge in [0.15, 0.2) is 5.78 Å². The van der Waals surface area contributed by atoms with E-state index in [1.807, 2.05) is 30.3 Å². The summed E-state index contributed by atoms with van der Waals surface area (Å²) in [5.41, 5.74) is 1.06. The molecule has 0 bridgehead atoms. The first kappa shape index (κ1) is 13.3. The molecule has 2 heterocycles. The topological polar surface area (TPSA) is 49.4 Å². The Hall–Kier alpha value is -1.68. The number of hydrogen-bond acceptors (Lipinski definition) is 3. The lowest BCUT2D eigenvalue weighted by atomic mass is 9.91. The summed E-state index contributed by atoms with van der Waals surface area (Å²) in [7, 11) is 0. The third-order valence-electron chi connectivity index (χ3n) is 4.34. The molecule has 106 valence electrons. The third kappa shape index (κ3) is 2.75. The van der Waals surface area contributed by atoms with Gasteiger partial charge in [0.05, 0.1) is 12.5 Å². The van der Waals surface area contributed by atoms with E-state index in [4.69, 9.17) is 0 Å². The van der Waals surface area contributed by atoms with Crippen molar-refractivity contribution in [3.8, 4) is 0 Å². The fraction of sp³-hybridized carbons (Fsp3) is 0.500. The average Bonchev–Trinajstić information content (AvgIpc) is 2.83. The van der Waals surface area contributed by atoms with Gasteiger partial charge < -0.3 is 5.32 Å². The van der Waals surface area contributed by atoms with E-state index in [0.29, 0.717) is 19.5 Å². The van der Waals surface area contributed by atoms with Crippen molar-refractivity contribution in [3.63, 3.8) is 0 Å². The van der Waals surface area contributed by atoms with Gasteiger partial charge in [-0.25, -0.2) is 0 Å². The van der Waals surface area contributed by atoms with Gasteiger partial charge in [0, 0.05) is 19.0 Å². The van der Waals surface area contributed by atoms with Crippen molar-refractivity contribution >= 4 is 11.7 Å². The number of hydrogen-bond donors (Lipinski definition) is 1. The highest BCUT2D eigenvalue weighted by atomic mass is 16.2. The Morgan fingerprint density at radius 3 is 2.90 bits per heavy atom. The van der Waals surface area contributed by atoms with Gasteiger partial charge in [-0.2, -0.15) is 0 Å². The second-order valence-electron chi connectivity index (χ2n) is 5.73. The lowest BCUT2D eigenvalue weighted by Crippen LogP contribution is -2.47. The van der Waals surface area contributed by atoms with Gasteiger partial charge >= 0.3 is 0 Å². The molecular weight excluding hydrogens is 252 g/mol. The van der Waals surface area contributed by atoms with Crippen LogP contribution in [0.2, 0.25) is 0 Å². The first-order valence-corrected chi connectivity index (χ1v) is 7.31. The maximum absolute atomic E-state index is 12.2. The molecule has 2 unspecified atom stereocenters. The van der Waals surface area contributed by atoms with Gasteiger partial charge in [-0.3, -0.25) is 14.5 Å². The zero-order chi connectivity index (χ0) is 13.9. The fourth-order valence-electron chi connectivity index (χ4n) is 3.34. The van der Waals surface area contributed by atoms with Crippen LogP contribution in [0.3, 0.4) is 0 Å². The summed E-state index contributed by atoms with van der Waals surface area (Å²) < 4.78 is 0. The van der Waals surface area contributed by atoms with E-state index < -0.39 is 0 Å². The van der Waals surface area contributed by atoms with Gasteiger partial charge in [0.1, 0.15) is 0 Å². The van der Waals surface area contributed by atoms with Gasteiger partial charge in [0.2, 0.25) is 5.91 Å². The summed E-state index contributed by atoms with van der Waals surface area (Å²) >= 11 is 0. The molecule has 3 rings (SSSR count). The number of fused-ring (bicyclic) bond motifs is 1. The normalized spacial score (nSPS) is 26.1. The molecule has 0 saturated carbocycles. The molecule has 4 heteroatoms. The summed E-state index contributed by atoms with van der Waals surface area (Å²) in [6, 6.07) is 10.1. The molecule has 2 fully saturated rings. The van der Waals surface area contributed by atoms with Crippen LogP contribution < -0.4 is 5.32 Å². The maximum Gasteiger partial charge on any atom is 0.224 e. The largest absolute Gasteiger partial charge is 0.354 e. The number of ketones is 1. The first-order chi connectivity index (χ1) is 9.74. The van der Waals surface area contributed by atoms with E-state index in [9.17, 15) is 9.59 Å². The molecule has 20 heavy (non-hydrogen) atoms. The monoisotopic (exact) mass is 272 g/mol. The Morgan fingerprint density at radius 2 is 2.10 bits per heavy atom. The minimum absolute atomic E-state index is 0.0910. The number of rotatable bonds is 4. The molecule has 1 aromatic rings. The molecular formula is C16H20N2O2. The number of piperidine rings is 1. The number of nitrogens with zero attached hydrogens (tertiary/aromatic N) is 1. The van der Waals surface area contributed by atoms with Crippen molar-refractivity contribution in [2.75, 3.05) is 19.6 Å². The SMILES string of the molecule is O=C(Cc1ccccc1)CN1CCCC2C(=O)NCC21. The van der Waals surface area contributed by atoms with Crippen LogP contribution in [0.5, 0.6) is 0 Å². The summed E-state index contributed by atoms with van der Waals surface area (Å²) in [5, 5.41) is 2.92. The Morgan fingerprint density at radius 1 is 1.30 bits per heavy atom. The number of nitrogens with one attached hydrogen (secondary N) is 1. The van der Waals surface area contributed by atoms with Crippen molar-refractivity contribution in [2.24, 2.45) is 5.92 Å². The number of carbonyl (C=O) groups is 2. The number of likely N-dealkylation sites (tertiary alicyclic amines) is 1. The number of Topliss-reactive ketones (excluding diaryl/α,β-unsaturated/α-hetero) is 1. The molecule has 2 atom stereocenters. The van der Waals surface area contributed by atoms with Gasteiger partial charge in [-0.15, -0.1) is 0 Å². The highest BCUT2D eigenvalue weighted by molar-refractivity contribution is 5.84. The van der Waals surface area contributed by atoms with E-state index in [2.05, 4.69) is 10.2 Å². The van der Waals surface area contributed by atoms with E-state index in [1.165, 1.54) is 0 Å². The van der Waals surface area contributed by atoms with E-state index >= 15 is 0 Å². The lowest BCUT2D eigenvalue weighted by Gasteiger charge is -2.35. The predicted molar refractivity (Wildman–Crippen MR) is 76.2 cm³/mol. The summed E-state index contributed by atoms with van der Waals surface area (Å²) in [4.78, 5) is 26.1. The molecule has 0 aromatic heterocycles. The Labute approximate surface area is 119 Å². The molecule has 2 aliphatic rings. The summed E-state index contributed by atoms with van der Waals surface area (Å²) in [6.45, 7) is 2.09. The Kier molecular flexibility index (Phi) is 3.83. The van der Waals surface area contributed by atoms with Crippen LogP contribution in [0.1, 0.15) is 18.4 Å². The van der Waals surface area contributed by atoms with E-state index in [1.54, 1.807) is 0 Å². The number of amides is 1. The minimum atomic E-state index is 0.0910. The predicted octanol–water partition coefficient (Wildman–Crippen LogP) is 1.01. The van der Waals surface area contributed by atoms with Crippen LogP contribution in [0.15, 0.2) is 30.3 Å². The zero-order valence-corrected chi connectivity index (χ0v) is 11.5. The number of carbonyl (C=O) groups excluding carboxylic acids is 2. The summed E-state index contributed by atoms with van der Waals surface area (Å²) in [6.07, 6.45) is 2.45. The van der Waals surface area contributed by atoms with Gasteiger partial charge in [-0.1, -0.05) is 30.3 Å². The van der Waals surface area contributed by atoms with Crippen LogP contribution in [-0.4, -0.2) is 42.3 Å². The van der Waals surface area contributed by atoms with Crippen molar-refractivity contribution in [2.45, 2.75) is 25.3 Å². The van der Waals surface area contributed by atoms with Crippen molar-refractivity contribution in [1.29, 1.82) is 0 Å². The molecule has 1 N–H and O–H groups in total. The minimum Gasteiger partial charge on any atom is -0.354 e. The molecule has 1 amide bonds. The van der Waals surface area contributed by atoms with Crippen molar-refractivity contribution < 1.29 is 9.59 Å². The van der Waals surface area contributed by atoms with E-state index in [0.717, 1.165) is 24.9 Å². The molecule has 1 aromatic carbocycles. The number of benzene rings is 1. The van der Waals surface area contributed by atoms with E-state index in [-0.39, 0.29) is 23.7 Å². The molecule has 2 aliphatic heterocycles. The average molecular weight is 272 g/mol. The van der Waals surface area contributed by atoms with Crippen molar-refractivity contribution in [3.05, 3.63) is 35.9 Å². The van der Waals surface area contributed by atoms with Crippen LogP contribution in [0, 0.1) is 5.92 Å². The third-order valence-corrected chi connectivity index (χ3v) is 4.34. The summed E-state index contributed by atoms with van der Waals surface area (Å²) in [5.74, 6) is 0.486. The molecule has 2 saturated heterocycles. The lowest BCUT2D eigenvalue weighted by molar-refractivity contribution is -0.126. The Bertz CT molecular complexity index is 500. The van der Waals surface area contributed by atoms with Gasteiger partial charge in [0.25, 0.3) is 0 Å². The van der Waals surface area contributed by atoms with Crippen LogP contribution >= 0.6 is 0 Å². The maximum atomic E-state index is 12.2. The smallest absolute Gasteiger partial charge is 0.224 e. The fourth-order valence-corrected chi connectivity index (χ4v) is 3.34. The zero-order valence-electron chi connectivity index (χ0n) is 11.5. The standard InChI is InChI=1S/C16H20N2O2/c19-13(9-12-5-2-1-3-6-12)11-18-8-4-7-14-15(18)10-17-16(14)20/h1-3,5-6,14-15H,4,7-11H2,(H,17,20). The highest BCUT2D eigenvalue weighted by Crippen LogP contribution is 2.27. The van der Waals surface area contributed by atoms with Crippen LogP contribution in [-0.2, 0) is 16.0 Å². The molecule has 0 aliphatic carbocycles. The quantitative estimate of drug-likeness (QED) is 0.890. The molecule has 0 radical (unpaired) electrons. The highest BCUT2D eigenvalue weighted by Gasteiger charge is 2.40. The van der Waals surface area contributed by atoms with Gasteiger partial charge in [-0.05, 0) is 24.9 Å². The van der Waals surface area contributed by atoms with Crippen molar-refractivity contribution in [1.82, 2.24) is 10.2 Å². The Balaban J connectivity index is 1.60. The first-order valence-electron chi connectivity index (χ1n) is 7.31. The second kappa shape index (κ2) is 5.75. The second-order valence-corrected chi connectivity index (χ2v) is 5.73. The molecule has 0 spiro atoms.